The van der Waals surface area contributed by atoms with Gasteiger partial charge in [-0.3, -0.25) is 4.79 Å². The largest absolute Gasteiger partial charge is 0.458 e. The fourth-order valence-electron chi connectivity index (χ4n) is 15.5. The average molecular weight is 1220 g/mol. The fraction of sp³-hybridized carbons (Fsp3) is 0.120. The maximum absolute atomic E-state index is 13.0. The Morgan fingerprint density at radius 1 is 0.280 bits per heavy atom. The number of ketones is 1. The molecule has 93 heavy (non-hydrogen) atoms. The molecule has 0 N–H and O–H groups in total. The summed E-state index contributed by atoms with van der Waals surface area (Å²) in [7, 11) is 0. The molecular weight excluding hydrogens is 1150 g/mol. The number of aryl methyl sites for hydroxylation is 10. The molecule has 6 aliphatic rings. The molecule has 448 valence electrons. The van der Waals surface area contributed by atoms with Gasteiger partial charge in [0.2, 0.25) is 6.71 Å². The molecule has 12 aromatic carbocycles. The highest BCUT2D eigenvalue weighted by Gasteiger charge is 2.43. The second-order valence-electron chi connectivity index (χ2n) is 25.8. The standard InChI is InChI=1S/C25H29B.C20H13BO2.C19H13BO2.C19H13BOS/c1-16-14-21(6)25(22(7)15-16)26(23-17(2)10-8-11-18(23)3)24-19(4)12-9-13-20(24)5;1-12-10-14-19-18(11-12)23-17-9-5-4-8-16(17)21(19)15-7-3-2-6-13(15)20(14)22;1-12-10-17-19-18(11-12)22-16-9-5-3-7-14(16)20(19)13-6-2-4-8-15(13)21-17;1-12-10-16-19-18(11-12)22-17-9-5-3-7-14(17)20(19)13-6-2-4-8-15(13)21-16/h8-15H,1-7H3;2-11H,1H3;2*2-11H,1H3. The smallest absolute Gasteiger partial charge is 0.260 e. The zero-order valence-electron chi connectivity index (χ0n) is 54.2. The van der Waals surface area contributed by atoms with Gasteiger partial charge < -0.3 is 18.9 Å². The van der Waals surface area contributed by atoms with Gasteiger partial charge >= 0.3 is 0 Å². The molecule has 18 rings (SSSR count). The highest BCUT2D eigenvalue weighted by molar-refractivity contribution is 8.00. The van der Waals surface area contributed by atoms with Crippen LogP contribution in [-0.2, 0) is 0 Å². The van der Waals surface area contributed by atoms with Gasteiger partial charge in [0.15, 0.2) is 5.78 Å². The van der Waals surface area contributed by atoms with Crippen molar-refractivity contribution in [3.05, 3.63) is 297 Å². The van der Waals surface area contributed by atoms with E-state index in [4.69, 9.17) is 18.9 Å². The maximum atomic E-state index is 13.0. The Kier molecular flexibility index (Phi) is 15.3. The molecule has 0 aliphatic carbocycles. The SMILES string of the molecule is Cc1cc(C)c(B(c2c(C)cccc2C)c2c(C)cccc2C)c(C)c1.Cc1cc2c3c(c1)C(=O)c1ccccc1B3c1ccccc1O2.Cc1cc2c3c(c1)Oc1ccccc1B3c1ccccc1O2.Cc1cc2c3c(c1)Sc1ccccc1B3c1ccccc1O2. The molecule has 0 saturated heterocycles. The normalized spacial score (nSPS) is 12.9. The molecule has 0 amide bonds. The molecule has 0 atom stereocenters. The van der Waals surface area contributed by atoms with Crippen molar-refractivity contribution >= 4 is 110 Å². The summed E-state index contributed by atoms with van der Waals surface area (Å²) < 4.78 is 24.6. The Morgan fingerprint density at radius 2 is 0.624 bits per heavy atom. The minimum absolute atomic E-state index is 0.0689. The van der Waals surface area contributed by atoms with Crippen LogP contribution in [0, 0.1) is 69.2 Å². The molecule has 0 fully saturated rings. The predicted octanol–water partition coefficient (Wildman–Crippen LogP) is 12.3. The van der Waals surface area contributed by atoms with Gasteiger partial charge in [-0.05, 0) is 185 Å². The van der Waals surface area contributed by atoms with Crippen LogP contribution in [0.15, 0.2) is 240 Å². The quantitative estimate of drug-likeness (QED) is 0.164. The van der Waals surface area contributed by atoms with Crippen LogP contribution >= 0.6 is 11.8 Å². The van der Waals surface area contributed by atoms with Crippen molar-refractivity contribution in [1.29, 1.82) is 0 Å². The first-order valence-electron chi connectivity index (χ1n) is 32.3. The van der Waals surface area contributed by atoms with Crippen LogP contribution in [0.2, 0.25) is 0 Å². The lowest BCUT2D eigenvalue weighted by Crippen LogP contribution is -2.60. The molecule has 0 radical (unpaired) electrons. The fourth-order valence-corrected chi connectivity index (χ4v) is 16.8. The van der Waals surface area contributed by atoms with E-state index in [1.54, 1.807) is 0 Å². The van der Waals surface area contributed by atoms with Gasteiger partial charge in [-0.2, -0.15) is 0 Å². The van der Waals surface area contributed by atoms with Gasteiger partial charge in [0.25, 0.3) is 20.1 Å². The van der Waals surface area contributed by atoms with E-state index in [1.807, 2.05) is 97.5 Å². The summed E-state index contributed by atoms with van der Waals surface area (Å²) in [5.74, 6) is 7.49. The Morgan fingerprint density at radius 3 is 1.11 bits per heavy atom. The zero-order valence-corrected chi connectivity index (χ0v) is 55.0. The topological polar surface area (TPSA) is 54.0 Å². The van der Waals surface area contributed by atoms with Crippen LogP contribution in [0.5, 0.6) is 46.0 Å². The van der Waals surface area contributed by atoms with Crippen LogP contribution in [0.4, 0.5) is 0 Å². The lowest BCUT2D eigenvalue weighted by atomic mass is 9.32. The maximum Gasteiger partial charge on any atom is 0.260 e. The van der Waals surface area contributed by atoms with Gasteiger partial charge in [-0.15, -0.1) is 0 Å². The van der Waals surface area contributed by atoms with Crippen molar-refractivity contribution < 1.29 is 23.7 Å². The lowest BCUT2D eigenvalue weighted by molar-refractivity contribution is 0.103. The van der Waals surface area contributed by atoms with Crippen molar-refractivity contribution in [1.82, 2.24) is 0 Å². The summed E-state index contributed by atoms with van der Waals surface area (Å²) in [5.41, 5.74) is 29.8. The van der Waals surface area contributed by atoms with E-state index in [9.17, 15) is 4.79 Å². The van der Waals surface area contributed by atoms with Crippen molar-refractivity contribution in [2.75, 3.05) is 0 Å². The molecule has 6 aliphatic heterocycles. The molecule has 5 nitrogen and oxygen atoms in total. The zero-order chi connectivity index (χ0) is 63.9. The summed E-state index contributed by atoms with van der Waals surface area (Å²) in [6.45, 7) is 22.8. The van der Waals surface area contributed by atoms with Crippen LogP contribution in [-0.4, -0.2) is 32.6 Å². The summed E-state index contributed by atoms with van der Waals surface area (Å²) >= 11 is 1.86. The number of ether oxygens (including phenoxy) is 4. The number of fused-ring (bicyclic) bond motifs is 12. The first kappa shape index (κ1) is 59.4. The summed E-state index contributed by atoms with van der Waals surface area (Å²) in [4.78, 5) is 15.6. The lowest BCUT2D eigenvalue weighted by Gasteiger charge is -2.33. The van der Waals surface area contributed by atoms with Crippen LogP contribution in [0.3, 0.4) is 0 Å². The highest BCUT2D eigenvalue weighted by atomic mass is 32.2. The van der Waals surface area contributed by atoms with Crippen molar-refractivity contribution in [2.24, 2.45) is 0 Å². The highest BCUT2D eigenvalue weighted by Crippen LogP contribution is 2.39. The minimum Gasteiger partial charge on any atom is -0.458 e. The molecule has 0 saturated carbocycles. The van der Waals surface area contributed by atoms with E-state index in [1.165, 1.54) is 98.0 Å². The van der Waals surface area contributed by atoms with E-state index >= 15 is 0 Å². The molecule has 0 spiro atoms. The van der Waals surface area contributed by atoms with E-state index in [0.717, 1.165) is 90.1 Å². The predicted molar refractivity (Wildman–Crippen MR) is 391 cm³/mol. The van der Waals surface area contributed by atoms with Gasteiger partial charge in [-0.1, -0.05) is 242 Å². The van der Waals surface area contributed by atoms with Gasteiger partial charge in [0.05, 0.1) is 0 Å². The number of carbonyl (C=O) groups excluding carboxylic acids is 1. The number of hydrogen-bond donors (Lipinski definition) is 0. The Balaban J connectivity index is 0.000000103. The summed E-state index contributed by atoms with van der Waals surface area (Å²) in [5, 5.41) is 0. The molecule has 6 heterocycles. The Bertz CT molecular complexity index is 4640. The number of para-hydroxylation sites is 4. The average Bonchev–Trinajstić information content (AvgIpc) is 0.743. The van der Waals surface area contributed by atoms with E-state index < -0.39 is 0 Å². The third-order valence-corrected chi connectivity index (χ3v) is 20.5. The first-order valence-corrected chi connectivity index (χ1v) is 33.1. The second kappa shape index (κ2) is 24.0. The number of benzene rings is 12. The van der Waals surface area contributed by atoms with Gasteiger partial charge in [0.1, 0.15) is 46.0 Å². The molecule has 0 aromatic heterocycles. The number of rotatable bonds is 3. The van der Waals surface area contributed by atoms with E-state index in [2.05, 4.69) is 214 Å². The van der Waals surface area contributed by atoms with Crippen LogP contribution in [0.1, 0.15) is 71.6 Å². The second-order valence-corrected chi connectivity index (χ2v) is 26.9. The summed E-state index contributed by atoms with van der Waals surface area (Å²) in [6, 6.07) is 80.4. The Hall–Kier alpha value is -9.88. The first-order chi connectivity index (χ1) is 45.2. The van der Waals surface area contributed by atoms with E-state index in [-0.39, 0.29) is 32.6 Å². The van der Waals surface area contributed by atoms with Gasteiger partial charge in [0, 0.05) is 26.4 Å². The van der Waals surface area contributed by atoms with Crippen molar-refractivity contribution in [3.8, 4) is 46.0 Å². The monoisotopic (exact) mass is 1220 g/mol. The van der Waals surface area contributed by atoms with E-state index in [0.29, 0.717) is 0 Å². The number of carbonyl (C=O) groups is 1. The molecule has 0 bridgehead atoms. The minimum atomic E-state index is 0.0689. The molecule has 10 heteroatoms. The third kappa shape index (κ3) is 10.5. The molecular formula is C83H68B4O5S. The summed E-state index contributed by atoms with van der Waals surface area (Å²) in [6.07, 6.45) is 0. The Labute approximate surface area is 552 Å². The van der Waals surface area contributed by atoms with Crippen molar-refractivity contribution in [2.45, 2.75) is 79.0 Å². The molecule has 12 aromatic rings. The third-order valence-electron chi connectivity index (χ3n) is 19.3. The molecule has 0 unspecified atom stereocenters. The van der Waals surface area contributed by atoms with Gasteiger partial charge in [-0.25, -0.2) is 0 Å². The van der Waals surface area contributed by atoms with Crippen LogP contribution < -0.4 is 84.5 Å². The van der Waals surface area contributed by atoms with Crippen molar-refractivity contribution in [3.63, 3.8) is 0 Å². The van der Waals surface area contributed by atoms with Crippen LogP contribution in [0.25, 0.3) is 0 Å². The number of hydrogen-bond acceptors (Lipinski definition) is 6.